The third-order valence-corrected chi connectivity index (χ3v) is 2.96. The highest BCUT2D eigenvalue weighted by Gasteiger charge is 2.10. The van der Waals surface area contributed by atoms with Gasteiger partial charge in [0, 0.05) is 6.42 Å². The van der Waals surface area contributed by atoms with Gasteiger partial charge in [0.15, 0.2) is 0 Å². The maximum Gasteiger partial charge on any atom is 0.0105 e. The summed E-state index contributed by atoms with van der Waals surface area (Å²) in [7, 11) is 0. The average molecular weight is 211 g/mol. The molecule has 0 N–H and O–H groups in total. The van der Waals surface area contributed by atoms with Gasteiger partial charge in [-0.05, 0) is 38.7 Å². The zero-order chi connectivity index (χ0) is 11.5. The molecular weight excluding hydrogens is 192 g/mol. The van der Waals surface area contributed by atoms with Crippen LogP contribution in [0.3, 0.4) is 0 Å². The molecule has 0 aliphatic heterocycles. The van der Waals surface area contributed by atoms with Crippen molar-refractivity contribution in [2.24, 2.45) is 5.92 Å². The first-order chi connectivity index (χ1) is 7.63. The fourth-order valence-corrected chi connectivity index (χ4v) is 2.41. The Hall–Kier alpha value is -1.30. The molecule has 1 aromatic carbocycles. The third-order valence-electron chi connectivity index (χ3n) is 2.96. The van der Waals surface area contributed by atoms with Gasteiger partial charge in [0.1, 0.15) is 0 Å². The van der Waals surface area contributed by atoms with Crippen molar-refractivity contribution in [3.63, 3.8) is 0 Å². The van der Waals surface area contributed by atoms with Crippen molar-refractivity contribution >= 4 is 0 Å². The summed E-state index contributed by atoms with van der Waals surface area (Å²) in [4.78, 5) is 0. The van der Waals surface area contributed by atoms with Crippen LogP contribution in [0.25, 0.3) is 0 Å². The highest BCUT2D eigenvalue weighted by molar-refractivity contribution is 5.35. The van der Waals surface area contributed by atoms with E-state index in [1.165, 1.54) is 22.3 Å². The molecule has 16 heavy (non-hydrogen) atoms. The van der Waals surface area contributed by atoms with Gasteiger partial charge in [-0.25, -0.2) is 0 Å². The second-order valence-corrected chi connectivity index (χ2v) is 4.82. The molecule has 0 heterocycles. The lowest BCUT2D eigenvalue weighted by Gasteiger charge is -2.17. The Morgan fingerprint density at radius 3 is 2.31 bits per heavy atom. The van der Waals surface area contributed by atoms with E-state index in [4.69, 9.17) is 0 Å². The van der Waals surface area contributed by atoms with Gasteiger partial charge in [0.25, 0.3) is 0 Å². The first-order valence-electron chi connectivity index (χ1n) is 5.90. The summed E-state index contributed by atoms with van der Waals surface area (Å²) < 4.78 is 0. The fourth-order valence-electron chi connectivity index (χ4n) is 2.41. The maximum absolute atomic E-state index is 2.36. The number of benzene rings is 1. The van der Waals surface area contributed by atoms with Crippen LogP contribution >= 0.6 is 0 Å². The normalized spacial score (nSPS) is 16.9. The molecule has 0 nitrogen and oxygen atoms in total. The van der Waals surface area contributed by atoms with Crippen molar-refractivity contribution < 1.29 is 0 Å². The number of hydrogen-bond donors (Lipinski definition) is 0. The van der Waals surface area contributed by atoms with E-state index in [2.05, 4.69) is 63.6 Å². The minimum absolute atomic E-state index is 0.562. The second kappa shape index (κ2) is 4.69. The standard InChI is InChI=1S/C16H19/c1-12-5-4-6-15(8-12)11-16-9-13(2)7-14(3)10-16/h4-10,16H,11H2,1-3H3. The minimum Gasteiger partial charge on any atom is -0.0777 e. The van der Waals surface area contributed by atoms with Crippen molar-refractivity contribution in [2.45, 2.75) is 27.2 Å². The van der Waals surface area contributed by atoms with Crippen LogP contribution in [-0.4, -0.2) is 0 Å². The van der Waals surface area contributed by atoms with Gasteiger partial charge in [-0.1, -0.05) is 53.1 Å². The number of allylic oxidation sites excluding steroid dienone is 4. The Labute approximate surface area is 98.7 Å². The summed E-state index contributed by atoms with van der Waals surface area (Å²) in [6.45, 7) is 6.51. The summed E-state index contributed by atoms with van der Waals surface area (Å²) in [5.41, 5.74) is 5.55. The molecule has 0 heteroatoms. The van der Waals surface area contributed by atoms with Crippen LogP contribution in [0.15, 0.2) is 47.6 Å². The summed E-state index contributed by atoms with van der Waals surface area (Å²) >= 11 is 0. The predicted octanol–water partition coefficient (Wildman–Crippen LogP) is 4.26. The van der Waals surface area contributed by atoms with Gasteiger partial charge in [-0.15, -0.1) is 0 Å². The highest BCUT2D eigenvalue weighted by atomic mass is 14.1. The molecule has 0 saturated carbocycles. The molecule has 1 aliphatic rings. The van der Waals surface area contributed by atoms with Crippen molar-refractivity contribution in [1.29, 1.82) is 0 Å². The molecule has 1 aliphatic carbocycles. The third kappa shape index (κ3) is 2.85. The molecule has 0 atom stereocenters. The lowest BCUT2D eigenvalue weighted by molar-refractivity contribution is 0.780. The Morgan fingerprint density at radius 2 is 1.69 bits per heavy atom. The van der Waals surface area contributed by atoms with Gasteiger partial charge in [-0.3, -0.25) is 0 Å². The largest absolute Gasteiger partial charge is 0.0777 e. The number of rotatable bonds is 2. The molecule has 1 aromatic rings. The zero-order valence-corrected chi connectivity index (χ0v) is 10.3. The molecule has 0 aromatic heterocycles. The maximum atomic E-state index is 2.36. The van der Waals surface area contributed by atoms with E-state index in [9.17, 15) is 0 Å². The molecule has 0 bridgehead atoms. The molecule has 2 rings (SSSR count). The molecule has 0 spiro atoms. The topological polar surface area (TPSA) is 0 Å². The molecule has 0 unspecified atom stereocenters. The van der Waals surface area contributed by atoms with Crippen LogP contribution in [0.4, 0.5) is 0 Å². The number of hydrogen-bond acceptors (Lipinski definition) is 0. The Balaban J connectivity index is 2.13. The van der Waals surface area contributed by atoms with Gasteiger partial charge in [-0.2, -0.15) is 0 Å². The molecular formula is C16H19. The lowest BCUT2D eigenvalue weighted by atomic mass is 9.88. The lowest BCUT2D eigenvalue weighted by Crippen LogP contribution is -2.05. The van der Waals surface area contributed by atoms with Crippen molar-refractivity contribution in [3.8, 4) is 0 Å². The van der Waals surface area contributed by atoms with E-state index < -0.39 is 0 Å². The SMILES string of the molecule is CC1=CC(Cc2cccc(C)c2)C=C(C)[CH]1. The monoisotopic (exact) mass is 211 g/mol. The van der Waals surface area contributed by atoms with Crippen LogP contribution in [0.2, 0.25) is 0 Å². The fraction of sp³-hybridized carbons (Fsp3) is 0.312. The zero-order valence-electron chi connectivity index (χ0n) is 10.3. The molecule has 83 valence electrons. The van der Waals surface area contributed by atoms with E-state index in [1.807, 2.05) is 0 Å². The molecule has 0 fully saturated rings. The first kappa shape index (κ1) is 11.2. The van der Waals surface area contributed by atoms with Gasteiger partial charge in [0.05, 0.1) is 0 Å². The smallest absolute Gasteiger partial charge is 0.0105 e. The van der Waals surface area contributed by atoms with Crippen LogP contribution in [-0.2, 0) is 6.42 Å². The van der Waals surface area contributed by atoms with Gasteiger partial charge >= 0.3 is 0 Å². The predicted molar refractivity (Wildman–Crippen MR) is 70.2 cm³/mol. The molecule has 0 saturated heterocycles. The number of aryl methyl sites for hydroxylation is 1. The van der Waals surface area contributed by atoms with E-state index in [-0.39, 0.29) is 0 Å². The quantitative estimate of drug-likeness (QED) is 0.685. The average Bonchev–Trinajstić information content (AvgIpc) is 2.15. The van der Waals surface area contributed by atoms with E-state index >= 15 is 0 Å². The summed E-state index contributed by atoms with van der Waals surface area (Å²) in [6.07, 6.45) is 8.07. The Morgan fingerprint density at radius 1 is 1.00 bits per heavy atom. The first-order valence-corrected chi connectivity index (χ1v) is 5.90. The van der Waals surface area contributed by atoms with Gasteiger partial charge < -0.3 is 0 Å². The minimum atomic E-state index is 0.562. The van der Waals surface area contributed by atoms with Crippen LogP contribution in [0.1, 0.15) is 25.0 Å². The van der Waals surface area contributed by atoms with Crippen LogP contribution in [0, 0.1) is 19.3 Å². The van der Waals surface area contributed by atoms with Crippen LogP contribution in [0.5, 0.6) is 0 Å². The van der Waals surface area contributed by atoms with E-state index in [1.54, 1.807) is 0 Å². The van der Waals surface area contributed by atoms with Crippen LogP contribution < -0.4 is 0 Å². The second-order valence-electron chi connectivity index (χ2n) is 4.82. The van der Waals surface area contributed by atoms with Gasteiger partial charge in [0.2, 0.25) is 0 Å². The van der Waals surface area contributed by atoms with Crippen molar-refractivity contribution in [1.82, 2.24) is 0 Å². The molecule has 1 radical (unpaired) electrons. The Bertz CT molecular complexity index is 417. The summed E-state index contributed by atoms with van der Waals surface area (Å²) in [5, 5.41) is 0. The summed E-state index contributed by atoms with van der Waals surface area (Å²) in [5.74, 6) is 0.562. The highest BCUT2D eigenvalue weighted by Crippen LogP contribution is 2.23. The van der Waals surface area contributed by atoms with E-state index in [0.717, 1.165) is 6.42 Å². The Kier molecular flexibility index (Phi) is 3.28. The van der Waals surface area contributed by atoms with E-state index in [0.29, 0.717) is 5.92 Å². The molecule has 0 amide bonds. The van der Waals surface area contributed by atoms with Crippen molar-refractivity contribution in [3.05, 3.63) is 65.1 Å². The van der Waals surface area contributed by atoms with Crippen molar-refractivity contribution in [2.75, 3.05) is 0 Å². The summed E-state index contributed by atoms with van der Waals surface area (Å²) in [6, 6.07) is 8.80.